The molecule has 0 aliphatic rings. The molecule has 0 radical (unpaired) electrons. The van der Waals surface area contributed by atoms with Crippen LogP contribution < -0.4 is 15.8 Å². The van der Waals surface area contributed by atoms with E-state index >= 15 is 0 Å². The fourth-order valence-electron chi connectivity index (χ4n) is 1.42. The second kappa shape index (κ2) is 6.76. The normalized spacial score (nSPS) is 13.2. The van der Waals surface area contributed by atoms with Gasteiger partial charge in [0.2, 0.25) is 0 Å². The van der Waals surface area contributed by atoms with Gasteiger partial charge in [-0.1, -0.05) is 12.0 Å². The van der Waals surface area contributed by atoms with Crippen LogP contribution in [0.15, 0.2) is 18.2 Å². The van der Waals surface area contributed by atoms with Crippen LogP contribution in [0.3, 0.4) is 0 Å². The highest BCUT2D eigenvalue weighted by Gasteiger charge is 2.16. The first-order chi connectivity index (χ1) is 8.95. The average Bonchev–Trinajstić information content (AvgIpc) is 2.37. The Hall–Kier alpha value is -2.06. The number of benzene rings is 1. The zero-order valence-electron chi connectivity index (χ0n) is 10.9. The Kier molecular flexibility index (Phi) is 5.34. The summed E-state index contributed by atoms with van der Waals surface area (Å²) in [6, 6.07) is 4.15. The minimum atomic E-state index is -0.830. The van der Waals surface area contributed by atoms with Crippen LogP contribution in [-0.4, -0.2) is 18.6 Å². The number of carbonyl (C=O) groups is 1. The van der Waals surface area contributed by atoms with Crippen LogP contribution in [0.25, 0.3) is 0 Å². The molecule has 0 aliphatic carbocycles. The van der Waals surface area contributed by atoms with Gasteiger partial charge in [0.1, 0.15) is 0 Å². The third kappa shape index (κ3) is 4.27. The molecule has 0 bridgehead atoms. The number of amides is 1. The van der Waals surface area contributed by atoms with Crippen LogP contribution >= 0.6 is 0 Å². The fourth-order valence-corrected chi connectivity index (χ4v) is 1.42. The lowest BCUT2D eigenvalue weighted by Crippen LogP contribution is -2.36. The molecule has 3 N–H and O–H groups in total. The van der Waals surface area contributed by atoms with E-state index < -0.39 is 17.8 Å². The van der Waals surface area contributed by atoms with Crippen molar-refractivity contribution in [2.45, 2.75) is 26.0 Å². The van der Waals surface area contributed by atoms with E-state index in [1.807, 2.05) is 0 Å². The van der Waals surface area contributed by atoms with E-state index in [9.17, 15) is 9.18 Å². The van der Waals surface area contributed by atoms with Crippen LogP contribution in [-0.2, 0) is 4.79 Å². The Morgan fingerprint density at radius 3 is 2.79 bits per heavy atom. The number of nitrogens with two attached hydrogens (primary N) is 1. The summed E-state index contributed by atoms with van der Waals surface area (Å²) >= 11 is 0. The van der Waals surface area contributed by atoms with Crippen LogP contribution in [0.5, 0.6) is 5.75 Å². The third-order valence-corrected chi connectivity index (χ3v) is 2.52. The molecule has 0 aliphatic heterocycles. The maximum Gasteiger partial charge on any atom is 0.261 e. The highest BCUT2D eigenvalue weighted by Crippen LogP contribution is 2.22. The van der Waals surface area contributed by atoms with Crippen molar-refractivity contribution in [1.82, 2.24) is 5.32 Å². The van der Waals surface area contributed by atoms with Gasteiger partial charge in [0, 0.05) is 6.04 Å². The summed E-state index contributed by atoms with van der Waals surface area (Å²) in [5, 5.41) is 2.46. The molecule has 0 spiro atoms. The summed E-state index contributed by atoms with van der Waals surface area (Å²) in [4.78, 5) is 11.5. The molecule has 4 nitrogen and oxygen atoms in total. The molecule has 102 valence electrons. The van der Waals surface area contributed by atoms with Crippen molar-refractivity contribution in [3.8, 4) is 18.1 Å². The Morgan fingerprint density at radius 2 is 2.26 bits per heavy atom. The third-order valence-electron chi connectivity index (χ3n) is 2.52. The molecule has 1 rings (SSSR count). The molecule has 0 fully saturated rings. The largest absolute Gasteiger partial charge is 0.478 e. The van der Waals surface area contributed by atoms with Crippen LogP contribution in [0.1, 0.15) is 25.5 Å². The first-order valence-corrected chi connectivity index (χ1v) is 5.88. The van der Waals surface area contributed by atoms with E-state index in [0.29, 0.717) is 5.56 Å². The average molecular weight is 264 g/mol. The van der Waals surface area contributed by atoms with Gasteiger partial charge < -0.3 is 15.8 Å². The number of rotatable bonds is 5. The predicted molar refractivity (Wildman–Crippen MR) is 70.9 cm³/mol. The minimum absolute atomic E-state index is 0.00718. The van der Waals surface area contributed by atoms with Gasteiger partial charge in [0.05, 0.1) is 6.54 Å². The van der Waals surface area contributed by atoms with Gasteiger partial charge in [-0.3, -0.25) is 4.79 Å². The predicted octanol–water partition coefficient (Wildman–Crippen LogP) is 1.36. The van der Waals surface area contributed by atoms with Crippen LogP contribution in [0, 0.1) is 18.2 Å². The van der Waals surface area contributed by atoms with Gasteiger partial charge in [-0.25, -0.2) is 4.39 Å². The Bertz CT molecular complexity index is 495. The number of terminal acetylenes is 1. The Labute approximate surface area is 112 Å². The molecule has 1 aromatic rings. The molecule has 0 aromatic heterocycles. The molecule has 2 atom stereocenters. The Morgan fingerprint density at radius 1 is 1.58 bits per heavy atom. The van der Waals surface area contributed by atoms with Crippen molar-refractivity contribution in [3.05, 3.63) is 29.6 Å². The van der Waals surface area contributed by atoms with Crippen molar-refractivity contribution in [2.24, 2.45) is 5.73 Å². The van der Waals surface area contributed by atoms with E-state index in [2.05, 4.69) is 11.2 Å². The lowest BCUT2D eigenvalue weighted by atomic mass is 10.1. The van der Waals surface area contributed by atoms with Gasteiger partial charge >= 0.3 is 0 Å². The highest BCUT2D eigenvalue weighted by molar-refractivity contribution is 5.80. The lowest BCUT2D eigenvalue weighted by Gasteiger charge is -2.15. The first kappa shape index (κ1) is 15.0. The van der Waals surface area contributed by atoms with Gasteiger partial charge in [-0.05, 0) is 31.5 Å². The molecule has 1 aromatic carbocycles. The van der Waals surface area contributed by atoms with Gasteiger partial charge in [-0.2, -0.15) is 0 Å². The topological polar surface area (TPSA) is 64.3 Å². The van der Waals surface area contributed by atoms with Gasteiger partial charge in [0.25, 0.3) is 5.91 Å². The highest BCUT2D eigenvalue weighted by atomic mass is 19.1. The molecule has 1 amide bonds. The van der Waals surface area contributed by atoms with Gasteiger partial charge in [0.15, 0.2) is 17.7 Å². The SMILES string of the molecule is C#CCNC(=O)C(C)Oc1ccc([C@H](C)N)cc1F. The zero-order chi connectivity index (χ0) is 14.4. The minimum Gasteiger partial charge on any atom is -0.478 e. The van der Waals surface area contributed by atoms with E-state index in [-0.39, 0.29) is 18.3 Å². The molecular formula is C14H17FN2O2. The number of nitrogens with one attached hydrogen (secondary N) is 1. The molecule has 19 heavy (non-hydrogen) atoms. The fraction of sp³-hybridized carbons (Fsp3) is 0.357. The monoisotopic (exact) mass is 264 g/mol. The van der Waals surface area contributed by atoms with Crippen molar-refractivity contribution in [3.63, 3.8) is 0 Å². The first-order valence-electron chi connectivity index (χ1n) is 5.88. The summed E-state index contributed by atoms with van der Waals surface area (Å²) < 4.78 is 19.0. The lowest BCUT2D eigenvalue weighted by molar-refractivity contribution is -0.127. The second-order valence-electron chi connectivity index (χ2n) is 4.16. The maximum absolute atomic E-state index is 13.7. The quantitative estimate of drug-likeness (QED) is 0.789. The maximum atomic E-state index is 13.7. The number of carbonyl (C=O) groups excluding carboxylic acids is 1. The molecule has 0 saturated heterocycles. The molecule has 5 heteroatoms. The second-order valence-corrected chi connectivity index (χ2v) is 4.16. The van der Waals surface area contributed by atoms with E-state index in [4.69, 9.17) is 16.9 Å². The summed E-state index contributed by atoms with van der Waals surface area (Å²) in [5.41, 5.74) is 6.31. The zero-order valence-corrected chi connectivity index (χ0v) is 10.9. The molecule has 0 saturated carbocycles. The van der Waals surface area contributed by atoms with E-state index in [1.54, 1.807) is 13.0 Å². The van der Waals surface area contributed by atoms with Crippen LogP contribution in [0.2, 0.25) is 0 Å². The van der Waals surface area contributed by atoms with Crippen molar-refractivity contribution < 1.29 is 13.9 Å². The van der Waals surface area contributed by atoms with E-state index in [1.165, 1.54) is 19.1 Å². The van der Waals surface area contributed by atoms with Crippen LogP contribution in [0.4, 0.5) is 4.39 Å². The smallest absolute Gasteiger partial charge is 0.261 e. The van der Waals surface area contributed by atoms with Crippen molar-refractivity contribution in [2.75, 3.05) is 6.54 Å². The number of hydrogen-bond acceptors (Lipinski definition) is 3. The molecule has 1 unspecified atom stereocenters. The molecule has 0 heterocycles. The Balaban J connectivity index is 2.72. The van der Waals surface area contributed by atoms with Gasteiger partial charge in [-0.15, -0.1) is 6.42 Å². The summed E-state index contributed by atoms with van der Waals surface area (Å²) in [6.07, 6.45) is 4.19. The number of ether oxygens (including phenoxy) is 1. The van der Waals surface area contributed by atoms with Crippen molar-refractivity contribution >= 4 is 5.91 Å². The standard InChI is InChI=1S/C14H17FN2O2/c1-4-7-17-14(18)10(3)19-13-6-5-11(9(2)16)8-12(13)15/h1,5-6,8-10H,7,16H2,2-3H3,(H,17,18)/t9-,10?/m0/s1. The summed E-state index contributed by atoms with van der Waals surface area (Å²) in [6.45, 7) is 3.38. The summed E-state index contributed by atoms with van der Waals surface area (Å²) in [5.74, 6) is 1.34. The number of halogens is 1. The molecular weight excluding hydrogens is 247 g/mol. The number of hydrogen-bond donors (Lipinski definition) is 2. The van der Waals surface area contributed by atoms with E-state index in [0.717, 1.165) is 0 Å². The van der Waals surface area contributed by atoms with Crippen molar-refractivity contribution in [1.29, 1.82) is 0 Å². The summed E-state index contributed by atoms with van der Waals surface area (Å²) in [7, 11) is 0.